The van der Waals surface area contributed by atoms with Crippen molar-refractivity contribution in [3.8, 4) is 0 Å². The summed E-state index contributed by atoms with van der Waals surface area (Å²) < 4.78 is 10.4. The van der Waals surface area contributed by atoms with Gasteiger partial charge in [-0.3, -0.25) is 0 Å². The fourth-order valence-corrected chi connectivity index (χ4v) is 1.53. The molecular formula is C13H13N3O4. The van der Waals surface area contributed by atoms with Gasteiger partial charge in [0.05, 0.1) is 7.11 Å². The molecule has 0 bridgehead atoms. The quantitative estimate of drug-likeness (QED) is 0.851. The molecule has 20 heavy (non-hydrogen) atoms. The third kappa shape index (κ3) is 2.94. The number of nitrogen functional groups attached to an aromatic ring is 1. The number of benzene rings is 1. The van der Waals surface area contributed by atoms with Crippen molar-refractivity contribution in [3.63, 3.8) is 0 Å². The minimum Gasteiger partial charge on any atom is -0.464 e. The Hall–Kier alpha value is -2.83. The van der Waals surface area contributed by atoms with E-state index in [1.165, 1.54) is 13.2 Å². The SMILES string of the molecule is COC(=O)c1cc(N)n(C(=O)OCc2ccccc2)n1. The van der Waals surface area contributed by atoms with Crippen LogP contribution in [0.25, 0.3) is 0 Å². The first-order chi connectivity index (χ1) is 9.61. The third-order valence-corrected chi connectivity index (χ3v) is 2.51. The van der Waals surface area contributed by atoms with E-state index in [0.717, 1.165) is 10.2 Å². The Morgan fingerprint density at radius 2 is 2.00 bits per heavy atom. The van der Waals surface area contributed by atoms with Crippen LogP contribution in [0.5, 0.6) is 0 Å². The molecule has 0 aliphatic heterocycles. The number of hydrogen-bond acceptors (Lipinski definition) is 6. The highest BCUT2D eigenvalue weighted by atomic mass is 16.6. The van der Waals surface area contributed by atoms with Crippen molar-refractivity contribution < 1.29 is 19.1 Å². The van der Waals surface area contributed by atoms with Gasteiger partial charge in [0, 0.05) is 6.07 Å². The molecule has 1 aromatic heterocycles. The van der Waals surface area contributed by atoms with E-state index >= 15 is 0 Å². The fraction of sp³-hybridized carbons (Fsp3) is 0.154. The number of hydrogen-bond donors (Lipinski definition) is 1. The summed E-state index contributed by atoms with van der Waals surface area (Å²) in [6, 6.07) is 10.4. The number of ether oxygens (including phenoxy) is 2. The lowest BCUT2D eigenvalue weighted by molar-refractivity contribution is 0.0593. The molecule has 7 nitrogen and oxygen atoms in total. The zero-order chi connectivity index (χ0) is 14.5. The van der Waals surface area contributed by atoms with Gasteiger partial charge >= 0.3 is 12.1 Å². The Morgan fingerprint density at radius 3 is 2.65 bits per heavy atom. The number of anilines is 1. The molecule has 0 saturated heterocycles. The topological polar surface area (TPSA) is 96.4 Å². The Kier molecular flexibility index (Phi) is 3.99. The van der Waals surface area contributed by atoms with Crippen LogP contribution in [-0.2, 0) is 16.1 Å². The van der Waals surface area contributed by atoms with E-state index in [0.29, 0.717) is 0 Å². The molecule has 0 unspecified atom stereocenters. The first kappa shape index (κ1) is 13.6. The maximum atomic E-state index is 11.8. The van der Waals surface area contributed by atoms with Gasteiger partial charge in [0.1, 0.15) is 12.4 Å². The average molecular weight is 275 g/mol. The van der Waals surface area contributed by atoms with E-state index < -0.39 is 12.1 Å². The van der Waals surface area contributed by atoms with Crippen molar-refractivity contribution in [2.24, 2.45) is 0 Å². The summed E-state index contributed by atoms with van der Waals surface area (Å²) in [5.41, 5.74) is 6.37. The molecule has 0 saturated carbocycles. The van der Waals surface area contributed by atoms with E-state index in [-0.39, 0.29) is 18.1 Å². The second-order valence-electron chi connectivity index (χ2n) is 3.90. The highest BCUT2D eigenvalue weighted by Gasteiger charge is 2.18. The minimum atomic E-state index is -0.762. The molecule has 1 aromatic carbocycles. The second-order valence-corrected chi connectivity index (χ2v) is 3.90. The first-order valence-corrected chi connectivity index (χ1v) is 5.76. The number of nitrogens with zero attached hydrogens (tertiary/aromatic N) is 2. The van der Waals surface area contributed by atoms with Crippen molar-refractivity contribution in [2.75, 3.05) is 12.8 Å². The standard InChI is InChI=1S/C13H13N3O4/c1-19-12(17)10-7-11(14)16(15-10)13(18)20-8-9-5-3-2-4-6-9/h2-7H,8,14H2,1H3. The van der Waals surface area contributed by atoms with Crippen molar-refractivity contribution in [2.45, 2.75) is 6.61 Å². The van der Waals surface area contributed by atoms with Crippen LogP contribution < -0.4 is 5.73 Å². The average Bonchev–Trinajstić information content (AvgIpc) is 2.87. The molecule has 0 spiro atoms. The smallest absolute Gasteiger partial charge is 0.436 e. The summed E-state index contributed by atoms with van der Waals surface area (Å²) in [6.45, 7) is 0.0898. The van der Waals surface area contributed by atoms with E-state index in [9.17, 15) is 9.59 Å². The molecule has 0 fully saturated rings. The lowest BCUT2D eigenvalue weighted by Gasteiger charge is -2.05. The van der Waals surface area contributed by atoms with E-state index in [4.69, 9.17) is 10.5 Å². The molecule has 0 aliphatic carbocycles. The van der Waals surface area contributed by atoms with Gasteiger partial charge in [-0.05, 0) is 5.56 Å². The summed E-state index contributed by atoms with van der Waals surface area (Å²) in [4.78, 5) is 23.1. The molecule has 0 amide bonds. The first-order valence-electron chi connectivity index (χ1n) is 5.76. The molecule has 0 aliphatic rings. The van der Waals surface area contributed by atoms with Crippen LogP contribution in [0.2, 0.25) is 0 Å². The Balaban J connectivity index is 2.06. The van der Waals surface area contributed by atoms with E-state index in [2.05, 4.69) is 9.84 Å². The summed E-state index contributed by atoms with van der Waals surface area (Å²) in [7, 11) is 1.21. The van der Waals surface area contributed by atoms with Crippen molar-refractivity contribution >= 4 is 17.9 Å². The van der Waals surface area contributed by atoms with Gasteiger partial charge in [0.25, 0.3) is 0 Å². The molecule has 1 heterocycles. The Labute approximate surface area is 114 Å². The number of esters is 1. The van der Waals surface area contributed by atoms with Gasteiger partial charge in [-0.25, -0.2) is 9.59 Å². The van der Waals surface area contributed by atoms with Gasteiger partial charge in [-0.1, -0.05) is 30.3 Å². The predicted octanol–water partition coefficient (Wildman–Crippen LogP) is 1.44. The minimum absolute atomic E-state index is 0.00321. The van der Waals surface area contributed by atoms with Gasteiger partial charge in [0.2, 0.25) is 0 Å². The molecule has 7 heteroatoms. The normalized spacial score (nSPS) is 10.1. The monoisotopic (exact) mass is 275 g/mol. The number of aromatic nitrogens is 2. The maximum absolute atomic E-state index is 11.8. The lowest BCUT2D eigenvalue weighted by atomic mass is 10.2. The van der Waals surface area contributed by atoms with Gasteiger partial charge < -0.3 is 15.2 Å². The number of nitrogens with two attached hydrogens (primary N) is 1. The van der Waals surface area contributed by atoms with Crippen LogP contribution in [0.15, 0.2) is 36.4 Å². The van der Waals surface area contributed by atoms with Crippen LogP contribution >= 0.6 is 0 Å². The molecule has 0 atom stereocenters. The second kappa shape index (κ2) is 5.87. The van der Waals surface area contributed by atoms with Crippen LogP contribution in [0, 0.1) is 0 Å². The highest BCUT2D eigenvalue weighted by Crippen LogP contribution is 2.09. The Bertz CT molecular complexity index is 622. The molecule has 0 radical (unpaired) electrons. The summed E-state index contributed by atoms with van der Waals surface area (Å²) in [5.74, 6) is -0.672. The number of methoxy groups -OCH3 is 1. The fourth-order valence-electron chi connectivity index (χ4n) is 1.53. The van der Waals surface area contributed by atoms with Gasteiger partial charge in [0.15, 0.2) is 5.69 Å². The highest BCUT2D eigenvalue weighted by molar-refractivity contribution is 5.89. The molecular weight excluding hydrogens is 262 g/mol. The summed E-state index contributed by atoms with van der Waals surface area (Å²) in [6.07, 6.45) is -0.762. The third-order valence-electron chi connectivity index (χ3n) is 2.51. The van der Waals surface area contributed by atoms with Crippen LogP contribution in [0.1, 0.15) is 16.1 Å². The molecule has 104 valence electrons. The predicted molar refractivity (Wildman–Crippen MR) is 70.0 cm³/mol. The largest absolute Gasteiger partial charge is 0.464 e. The molecule has 2 N–H and O–H groups in total. The van der Waals surface area contributed by atoms with Crippen molar-refractivity contribution in [3.05, 3.63) is 47.7 Å². The van der Waals surface area contributed by atoms with Crippen LogP contribution in [0.4, 0.5) is 10.6 Å². The summed E-state index contributed by atoms with van der Waals surface area (Å²) >= 11 is 0. The number of carbonyl (C=O) groups is 2. The number of rotatable bonds is 3. The van der Waals surface area contributed by atoms with Gasteiger partial charge in [-0.15, -0.1) is 4.68 Å². The number of carbonyl (C=O) groups excluding carboxylic acids is 2. The van der Waals surface area contributed by atoms with E-state index in [1.54, 1.807) is 0 Å². The maximum Gasteiger partial charge on any atom is 0.436 e. The van der Waals surface area contributed by atoms with Crippen molar-refractivity contribution in [1.82, 2.24) is 9.78 Å². The summed E-state index contributed by atoms with van der Waals surface area (Å²) in [5, 5.41) is 3.74. The Morgan fingerprint density at radius 1 is 1.30 bits per heavy atom. The zero-order valence-corrected chi connectivity index (χ0v) is 10.8. The van der Waals surface area contributed by atoms with Crippen LogP contribution in [0.3, 0.4) is 0 Å². The zero-order valence-electron chi connectivity index (χ0n) is 10.8. The lowest BCUT2D eigenvalue weighted by Crippen LogP contribution is -2.18. The van der Waals surface area contributed by atoms with E-state index in [1.807, 2.05) is 30.3 Å². The molecule has 2 rings (SSSR count). The van der Waals surface area contributed by atoms with Crippen molar-refractivity contribution in [1.29, 1.82) is 0 Å². The van der Waals surface area contributed by atoms with Gasteiger partial charge in [-0.2, -0.15) is 5.10 Å². The molecule has 2 aromatic rings. The van der Waals surface area contributed by atoms with Crippen LogP contribution in [-0.4, -0.2) is 29.0 Å².